The van der Waals surface area contributed by atoms with Crippen LogP contribution in [0.2, 0.25) is 0 Å². The van der Waals surface area contributed by atoms with Crippen molar-refractivity contribution in [3.8, 4) is 0 Å². The summed E-state index contributed by atoms with van der Waals surface area (Å²) < 4.78 is 13.6. The van der Waals surface area contributed by atoms with E-state index in [2.05, 4.69) is 15.5 Å². The number of halogens is 1. The second-order valence-corrected chi connectivity index (χ2v) is 5.45. The van der Waals surface area contributed by atoms with Crippen molar-refractivity contribution in [1.82, 2.24) is 15.5 Å². The fraction of sp³-hybridized carbons (Fsp3) is 0.105. The Hall–Kier alpha value is -3.28. The molecule has 0 aliphatic heterocycles. The van der Waals surface area contributed by atoms with E-state index in [4.69, 9.17) is 0 Å². The molecule has 1 N–H and O–H groups in total. The molecule has 1 aromatic heterocycles. The number of carbonyl (C=O) groups excluding carboxylic acids is 1. The Morgan fingerprint density at radius 1 is 1.00 bits per heavy atom. The van der Waals surface area contributed by atoms with Crippen LogP contribution in [0.4, 0.5) is 15.9 Å². The molecule has 25 heavy (non-hydrogen) atoms. The molecule has 0 saturated heterocycles. The van der Waals surface area contributed by atoms with Crippen molar-refractivity contribution >= 4 is 17.4 Å². The minimum atomic E-state index is -0.398. The molecule has 1 heterocycles. The van der Waals surface area contributed by atoms with E-state index in [1.165, 1.54) is 6.07 Å². The number of aromatic nitrogens is 2. The van der Waals surface area contributed by atoms with Crippen molar-refractivity contribution in [2.45, 2.75) is 6.54 Å². The molecule has 0 unspecified atom stereocenters. The molecule has 0 aliphatic rings. The molecule has 0 atom stereocenters. The van der Waals surface area contributed by atoms with Gasteiger partial charge in [0.05, 0.1) is 0 Å². The molecule has 0 fully saturated rings. The first-order chi connectivity index (χ1) is 12.1. The average molecular weight is 336 g/mol. The minimum Gasteiger partial charge on any atom is -0.346 e. The molecule has 5 nitrogen and oxygen atoms in total. The number of rotatable bonds is 5. The number of carbonyl (C=O) groups is 1. The van der Waals surface area contributed by atoms with Gasteiger partial charge in [0, 0.05) is 24.8 Å². The van der Waals surface area contributed by atoms with Crippen LogP contribution in [0.3, 0.4) is 0 Å². The van der Waals surface area contributed by atoms with E-state index >= 15 is 0 Å². The first kappa shape index (κ1) is 16.6. The van der Waals surface area contributed by atoms with Gasteiger partial charge in [0.1, 0.15) is 5.82 Å². The maximum atomic E-state index is 13.6. The van der Waals surface area contributed by atoms with E-state index in [-0.39, 0.29) is 18.1 Å². The Morgan fingerprint density at radius 2 is 1.72 bits per heavy atom. The molecule has 0 bridgehead atoms. The van der Waals surface area contributed by atoms with E-state index in [0.717, 1.165) is 5.69 Å². The monoisotopic (exact) mass is 336 g/mol. The fourth-order valence-corrected chi connectivity index (χ4v) is 2.32. The Labute approximate surface area is 145 Å². The lowest BCUT2D eigenvalue weighted by atomic mass is 10.2. The maximum absolute atomic E-state index is 13.6. The third-order valence-corrected chi connectivity index (χ3v) is 3.77. The first-order valence-electron chi connectivity index (χ1n) is 7.79. The highest BCUT2D eigenvalue weighted by atomic mass is 19.1. The zero-order chi connectivity index (χ0) is 17.6. The van der Waals surface area contributed by atoms with E-state index in [0.29, 0.717) is 11.4 Å². The minimum absolute atomic E-state index is 0.0961. The second-order valence-electron chi connectivity index (χ2n) is 5.45. The van der Waals surface area contributed by atoms with Gasteiger partial charge in [-0.2, -0.15) is 0 Å². The number of nitrogens with zero attached hydrogens (tertiary/aromatic N) is 3. The number of benzene rings is 2. The zero-order valence-electron chi connectivity index (χ0n) is 13.7. The summed E-state index contributed by atoms with van der Waals surface area (Å²) in [4.78, 5) is 14.0. The van der Waals surface area contributed by atoms with Crippen molar-refractivity contribution in [3.05, 3.63) is 83.8 Å². The van der Waals surface area contributed by atoms with Crippen LogP contribution in [0.5, 0.6) is 0 Å². The largest absolute Gasteiger partial charge is 0.346 e. The number of hydrogen-bond donors (Lipinski definition) is 1. The SMILES string of the molecule is CN(c1ccccc1)c1ccc(C(=O)NCc2ccccc2F)nn1. The number of amides is 1. The number of para-hydroxylation sites is 1. The van der Waals surface area contributed by atoms with E-state index in [1.54, 1.807) is 30.3 Å². The molecule has 0 spiro atoms. The van der Waals surface area contributed by atoms with Crippen LogP contribution in [0.25, 0.3) is 0 Å². The predicted molar refractivity (Wildman–Crippen MR) is 94.1 cm³/mol. The van der Waals surface area contributed by atoms with Gasteiger partial charge in [-0.15, -0.1) is 10.2 Å². The molecule has 2 aromatic carbocycles. The lowest BCUT2D eigenvalue weighted by Crippen LogP contribution is -2.25. The van der Waals surface area contributed by atoms with Gasteiger partial charge in [-0.3, -0.25) is 4.79 Å². The normalized spacial score (nSPS) is 10.3. The molecular weight excluding hydrogens is 319 g/mol. The zero-order valence-corrected chi connectivity index (χ0v) is 13.7. The quantitative estimate of drug-likeness (QED) is 0.776. The van der Waals surface area contributed by atoms with Crippen LogP contribution < -0.4 is 10.2 Å². The number of hydrogen-bond acceptors (Lipinski definition) is 4. The van der Waals surface area contributed by atoms with Crippen molar-refractivity contribution in [1.29, 1.82) is 0 Å². The van der Waals surface area contributed by atoms with Crippen molar-refractivity contribution in [2.75, 3.05) is 11.9 Å². The molecule has 126 valence electrons. The lowest BCUT2D eigenvalue weighted by Gasteiger charge is -2.17. The molecule has 6 heteroatoms. The van der Waals surface area contributed by atoms with Crippen molar-refractivity contribution in [2.24, 2.45) is 0 Å². The summed E-state index contributed by atoms with van der Waals surface area (Å²) in [5.41, 5.74) is 1.57. The average Bonchev–Trinajstić information content (AvgIpc) is 2.67. The highest BCUT2D eigenvalue weighted by Gasteiger charge is 2.11. The topological polar surface area (TPSA) is 58.1 Å². The molecule has 1 amide bonds. The Kier molecular flexibility index (Phi) is 4.99. The van der Waals surface area contributed by atoms with Gasteiger partial charge in [0.2, 0.25) is 0 Å². The second kappa shape index (κ2) is 7.53. The van der Waals surface area contributed by atoms with Gasteiger partial charge in [-0.05, 0) is 30.3 Å². The van der Waals surface area contributed by atoms with Crippen LogP contribution in [0.15, 0.2) is 66.7 Å². The van der Waals surface area contributed by atoms with Gasteiger partial charge in [0.25, 0.3) is 5.91 Å². The van der Waals surface area contributed by atoms with Crippen LogP contribution in [0, 0.1) is 5.82 Å². The standard InChI is InChI=1S/C19H17FN4O/c1-24(15-8-3-2-4-9-15)18-12-11-17(22-23-18)19(25)21-13-14-7-5-6-10-16(14)20/h2-12H,13H2,1H3,(H,21,25). The summed E-state index contributed by atoms with van der Waals surface area (Å²) in [6.07, 6.45) is 0. The molecular formula is C19H17FN4O. The Morgan fingerprint density at radius 3 is 2.40 bits per heavy atom. The van der Waals surface area contributed by atoms with Crippen LogP contribution in [0.1, 0.15) is 16.1 Å². The Balaban J connectivity index is 1.65. The summed E-state index contributed by atoms with van der Waals surface area (Å²) in [5.74, 6) is -0.129. The van der Waals surface area contributed by atoms with Gasteiger partial charge in [-0.25, -0.2) is 4.39 Å². The first-order valence-corrected chi connectivity index (χ1v) is 7.79. The lowest BCUT2D eigenvalue weighted by molar-refractivity contribution is 0.0944. The summed E-state index contributed by atoms with van der Waals surface area (Å²) in [5, 5.41) is 10.7. The van der Waals surface area contributed by atoms with E-state index in [9.17, 15) is 9.18 Å². The van der Waals surface area contributed by atoms with Gasteiger partial charge >= 0.3 is 0 Å². The van der Waals surface area contributed by atoms with Crippen LogP contribution in [-0.4, -0.2) is 23.2 Å². The smallest absolute Gasteiger partial charge is 0.272 e. The van der Waals surface area contributed by atoms with E-state index < -0.39 is 5.91 Å². The fourth-order valence-electron chi connectivity index (χ4n) is 2.32. The molecule has 3 rings (SSSR count). The third-order valence-electron chi connectivity index (χ3n) is 3.77. The molecule has 0 saturated carbocycles. The van der Waals surface area contributed by atoms with Crippen molar-refractivity contribution in [3.63, 3.8) is 0 Å². The van der Waals surface area contributed by atoms with Gasteiger partial charge in [-0.1, -0.05) is 36.4 Å². The van der Waals surface area contributed by atoms with Crippen molar-refractivity contribution < 1.29 is 9.18 Å². The predicted octanol–water partition coefficient (Wildman–Crippen LogP) is 3.31. The maximum Gasteiger partial charge on any atom is 0.272 e. The van der Waals surface area contributed by atoms with Crippen LogP contribution in [-0.2, 0) is 6.54 Å². The third kappa shape index (κ3) is 3.98. The summed E-state index contributed by atoms with van der Waals surface area (Å²) in [6.45, 7) is 0.0961. The summed E-state index contributed by atoms with van der Waals surface area (Å²) >= 11 is 0. The highest BCUT2D eigenvalue weighted by Crippen LogP contribution is 2.20. The van der Waals surface area contributed by atoms with Gasteiger partial charge in [0.15, 0.2) is 11.5 Å². The number of nitrogens with one attached hydrogen (secondary N) is 1. The summed E-state index contributed by atoms with van der Waals surface area (Å²) in [7, 11) is 1.87. The highest BCUT2D eigenvalue weighted by molar-refractivity contribution is 5.92. The molecule has 3 aromatic rings. The summed E-state index contributed by atoms with van der Waals surface area (Å²) in [6, 6.07) is 19.3. The van der Waals surface area contributed by atoms with E-state index in [1.807, 2.05) is 42.3 Å². The molecule has 0 radical (unpaired) electrons. The van der Waals surface area contributed by atoms with Gasteiger partial charge < -0.3 is 10.2 Å². The number of anilines is 2. The Bertz CT molecular complexity index is 853. The molecule has 0 aliphatic carbocycles. The van der Waals surface area contributed by atoms with Crippen LogP contribution >= 0.6 is 0 Å².